The van der Waals surface area contributed by atoms with Gasteiger partial charge in [-0.15, -0.1) is 0 Å². The fourth-order valence-electron chi connectivity index (χ4n) is 1.63. The molecule has 0 radical (unpaired) electrons. The van der Waals surface area contributed by atoms with Gasteiger partial charge in [-0.3, -0.25) is 0 Å². The number of ether oxygens (including phenoxy) is 1. The van der Waals surface area contributed by atoms with Crippen LogP contribution in [0.1, 0.15) is 16.7 Å². The van der Waals surface area contributed by atoms with E-state index in [-0.39, 0.29) is 0 Å². The Morgan fingerprint density at radius 2 is 1.74 bits per heavy atom. The lowest BCUT2D eigenvalue weighted by molar-refractivity contribution is 0.363. The van der Waals surface area contributed by atoms with Crippen LogP contribution in [-0.4, -0.2) is 6.61 Å². The number of hydrogen-bond acceptors (Lipinski definition) is 2. The van der Waals surface area contributed by atoms with Gasteiger partial charge in [-0.1, -0.05) is 35.9 Å². The molecule has 2 aromatic rings. The van der Waals surface area contributed by atoms with Crippen molar-refractivity contribution >= 4 is 6.08 Å². The molecule has 0 aliphatic rings. The van der Waals surface area contributed by atoms with Gasteiger partial charge in [0, 0.05) is 0 Å². The average Bonchev–Trinajstić information content (AvgIpc) is 2.46. The summed E-state index contributed by atoms with van der Waals surface area (Å²) in [5.74, 6) is 0.870. The van der Waals surface area contributed by atoms with Crippen LogP contribution < -0.4 is 4.74 Å². The summed E-state index contributed by atoms with van der Waals surface area (Å²) in [6, 6.07) is 17.5. The number of aryl methyl sites for hydroxylation is 1. The van der Waals surface area contributed by atoms with Crippen molar-refractivity contribution in [1.82, 2.24) is 0 Å². The molecule has 94 valence electrons. The fraction of sp³-hybridized carbons (Fsp3) is 0.118. The van der Waals surface area contributed by atoms with Gasteiger partial charge in [-0.05, 0) is 42.8 Å². The summed E-state index contributed by atoms with van der Waals surface area (Å²) in [5.41, 5.74) is 2.96. The molecule has 0 unspecified atom stereocenters. The maximum atomic E-state index is 8.70. The second kappa shape index (κ2) is 6.42. The fourth-order valence-corrected chi connectivity index (χ4v) is 1.63. The molecule has 0 N–H and O–H groups in total. The maximum Gasteiger partial charge on any atom is 0.119 e. The van der Waals surface area contributed by atoms with Crippen LogP contribution in [0.3, 0.4) is 0 Å². The van der Waals surface area contributed by atoms with Crippen molar-refractivity contribution in [3.8, 4) is 11.8 Å². The van der Waals surface area contributed by atoms with Gasteiger partial charge in [-0.2, -0.15) is 5.26 Å². The van der Waals surface area contributed by atoms with Gasteiger partial charge in [0.15, 0.2) is 0 Å². The first-order valence-electron chi connectivity index (χ1n) is 6.14. The monoisotopic (exact) mass is 249 g/mol. The molecule has 0 saturated carbocycles. The highest BCUT2D eigenvalue weighted by atomic mass is 16.5. The molecule has 0 amide bonds. The van der Waals surface area contributed by atoms with E-state index in [1.807, 2.05) is 48.6 Å². The van der Waals surface area contributed by atoms with E-state index in [9.17, 15) is 0 Å². The minimum atomic E-state index is 0.531. The minimum Gasteiger partial charge on any atom is -0.490 e. The van der Waals surface area contributed by atoms with E-state index in [0.717, 1.165) is 11.3 Å². The highest BCUT2D eigenvalue weighted by Crippen LogP contribution is 2.11. The Bertz CT molecular complexity index is 589. The first-order valence-corrected chi connectivity index (χ1v) is 6.14. The van der Waals surface area contributed by atoms with Gasteiger partial charge in [-0.25, -0.2) is 0 Å². The molecule has 2 rings (SSSR count). The van der Waals surface area contributed by atoms with Crippen molar-refractivity contribution in [3.05, 3.63) is 71.3 Å². The Morgan fingerprint density at radius 3 is 2.37 bits per heavy atom. The summed E-state index contributed by atoms with van der Waals surface area (Å²) in [6.07, 6.45) is 3.94. The normalized spacial score (nSPS) is 10.3. The molecular formula is C17H15NO. The van der Waals surface area contributed by atoms with Crippen LogP contribution in [-0.2, 0) is 0 Å². The summed E-state index contributed by atoms with van der Waals surface area (Å²) >= 11 is 0. The smallest absolute Gasteiger partial charge is 0.119 e. The third kappa shape index (κ3) is 4.01. The molecule has 19 heavy (non-hydrogen) atoms. The van der Waals surface area contributed by atoms with Crippen LogP contribution in [0.2, 0.25) is 0 Å². The molecule has 0 aliphatic heterocycles. The molecule has 0 heterocycles. The van der Waals surface area contributed by atoms with Crippen molar-refractivity contribution in [2.75, 3.05) is 6.61 Å². The second-order valence-electron chi connectivity index (χ2n) is 4.26. The van der Waals surface area contributed by atoms with Gasteiger partial charge in [0.1, 0.15) is 12.4 Å². The average molecular weight is 249 g/mol. The molecule has 0 saturated heterocycles. The Hall–Kier alpha value is -2.53. The summed E-state index contributed by atoms with van der Waals surface area (Å²) in [4.78, 5) is 0. The summed E-state index contributed by atoms with van der Waals surface area (Å²) in [7, 11) is 0. The van der Waals surface area contributed by atoms with Gasteiger partial charge in [0.2, 0.25) is 0 Å². The van der Waals surface area contributed by atoms with Crippen LogP contribution in [0.5, 0.6) is 5.75 Å². The zero-order chi connectivity index (χ0) is 13.5. The van der Waals surface area contributed by atoms with Crippen LogP contribution in [0.4, 0.5) is 0 Å². The Kier molecular flexibility index (Phi) is 4.36. The predicted octanol–water partition coefficient (Wildman–Crippen LogP) is 3.96. The Labute approximate surface area is 113 Å². The lowest BCUT2D eigenvalue weighted by Gasteiger charge is -2.02. The third-order valence-corrected chi connectivity index (χ3v) is 2.72. The largest absolute Gasteiger partial charge is 0.490 e. The molecule has 2 heteroatoms. The van der Waals surface area contributed by atoms with Crippen LogP contribution in [0.15, 0.2) is 54.6 Å². The molecule has 0 aliphatic carbocycles. The second-order valence-corrected chi connectivity index (χ2v) is 4.26. The number of rotatable bonds is 4. The number of nitrogens with zero attached hydrogens (tertiary/aromatic N) is 1. The molecule has 0 aromatic heterocycles. The highest BCUT2D eigenvalue weighted by molar-refractivity contribution is 5.51. The Morgan fingerprint density at radius 1 is 1.05 bits per heavy atom. The maximum absolute atomic E-state index is 8.70. The molecular weight excluding hydrogens is 234 g/mol. The van der Waals surface area contributed by atoms with E-state index in [4.69, 9.17) is 10.00 Å². The van der Waals surface area contributed by atoms with Crippen molar-refractivity contribution in [3.63, 3.8) is 0 Å². The lowest BCUT2D eigenvalue weighted by Crippen LogP contribution is -1.92. The quantitative estimate of drug-likeness (QED) is 0.821. The molecule has 0 spiro atoms. The van der Waals surface area contributed by atoms with Crippen LogP contribution >= 0.6 is 0 Å². The number of hydrogen-bond donors (Lipinski definition) is 0. The van der Waals surface area contributed by atoms with Gasteiger partial charge < -0.3 is 4.74 Å². The SMILES string of the molecule is Cc1ccc(OC/C=C/c2ccc(C#N)cc2)cc1. The minimum absolute atomic E-state index is 0.531. The molecule has 0 bridgehead atoms. The molecule has 2 nitrogen and oxygen atoms in total. The number of nitriles is 1. The molecule has 2 aromatic carbocycles. The zero-order valence-electron chi connectivity index (χ0n) is 10.8. The van der Waals surface area contributed by atoms with E-state index < -0.39 is 0 Å². The van der Waals surface area contributed by atoms with Crippen LogP contribution in [0, 0.1) is 18.3 Å². The molecule has 0 atom stereocenters. The predicted molar refractivity (Wildman–Crippen MR) is 76.9 cm³/mol. The summed E-state index contributed by atoms with van der Waals surface area (Å²) < 4.78 is 5.59. The Balaban J connectivity index is 1.86. The van der Waals surface area contributed by atoms with Gasteiger partial charge in [0.05, 0.1) is 11.6 Å². The van der Waals surface area contributed by atoms with Gasteiger partial charge >= 0.3 is 0 Å². The third-order valence-electron chi connectivity index (χ3n) is 2.72. The standard InChI is InChI=1S/C17H15NO/c1-14-4-10-17(11-5-14)19-12-2-3-15-6-8-16(13-18)9-7-15/h2-11H,12H2,1H3/b3-2+. The van der Waals surface area contributed by atoms with Crippen molar-refractivity contribution in [2.24, 2.45) is 0 Å². The van der Waals surface area contributed by atoms with E-state index in [2.05, 4.69) is 13.0 Å². The zero-order valence-corrected chi connectivity index (χ0v) is 10.8. The summed E-state index contributed by atoms with van der Waals surface area (Å²) in [5, 5.41) is 8.70. The van der Waals surface area contributed by atoms with E-state index >= 15 is 0 Å². The van der Waals surface area contributed by atoms with Crippen molar-refractivity contribution < 1.29 is 4.74 Å². The van der Waals surface area contributed by atoms with E-state index in [1.165, 1.54) is 5.56 Å². The first-order chi connectivity index (χ1) is 9.28. The summed E-state index contributed by atoms with van der Waals surface area (Å²) in [6.45, 7) is 2.58. The van der Waals surface area contributed by atoms with E-state index in [1.54, 1.807) is 12.1 Å². The van der Waals surface area contributed by atoms with Gasteiger partial charge in [0.25, 0.3) is 0 Å². The lowest BCUT2D eigenvalue weighted by atomic mass is 10.1. The number of benzene rings is 2. The topological polar surface area (TPSA) is 33.0 Å². The van der Waals surface area contributed by atoms with E-state index in [0.29, 0.717) is 12.2 Å². The van der Waals surface area contributed by atoms with Crippen LogP contribution in [0.25, 0.3) is 6.08 Å². The van der Waals surface area contributed by atoms with Crippen molar-refractivity contribution in [2.45, 2.75) is 6.92 Å². The molecule has 0 fully saturated rings. The highest BCUT2D eigenvalue weighted by Gasteiger charge is 1.91. The van der Waals surface area contributed by atoms with Crippen molar-refractivity contribution in [1.29, 1.82) is 5.26 Å². The first kappa shape index (κ1) is 12.9.